The highest BCUT2D eigenvalue weighted by atomic mass is 79.9. The zero-order chi connectivity index (χ0) is 41.3. The van der Waals surface area contributed by atoms with Gasteiger partial charge in [-0.15, -0.1) is 0 Å². The minimum absolute atomic E-state index is 0.0671. The van der Waals surface area contributed by atoms with Gasteiger partial charge in [-0.3, -0.25) is 14.9 Å². The third kappa shape index (κ3) is 13.3. The maximum Gasteiger partial charge on any atom is 0.339 e. The van der Waals surface area contributed by atoms with Gasteiger partial charge in [-0.2, -0.15) is 0 Å². The molecule has 0 spiro atoms. The van der Waals surface area contributed by atoms with Crippen molar-refractivity contribution in [2.75, 3.05) is 77.0 Å². The van der Waals surface area contributed by atoms with Crippen LogP contribution in [0.2, 0.25) is 0 Å². The van der Waals surface area contributed by atoms with E-state index in [1.165, 1.54) is 43.6 Å². The van der Waals surface area contributed by atoms with E-state index in [0.717, 1.165) is 16.8 Å². The molecule has 0 unspecified atom stereocenters. The highest BCUT2D eigenvalue weighted by molar-refractivity contribution is 9.08. The van der Waals surface area contributed by atoms with E-state index in [-0.39, 0.29) is 36.0 Å². The van der Waals surface area contributed by atoms with Crippen molar-refractivity contribution in [2.45, 2.75) is 25.7 Å². The van der Waals surface area contributed by atoms with E-state index in [0.29, 0.717) is 74.8 Å². The smallest absolute Gasteiger partial charge is 0.339 e. The van der Waals surface area contributed by atoms with Gasteiger partial charge in [0.25, 0.3) is 0 Å². The van der Waals surface area contributed by atoms with Crippen molar-refractivity contribution in [1.29, 1.82) is 0 Å². The minimum atomic E-state index is -0.495. The van der Waals surface area contributed by atoms with Gasteiger partial charge in [0, 0.05) is 43.9 Å². The Morgan fingerprint density at radius 2 is 1.25 bits per heavy atom. The van der Waals surface area contributed by atoms with E-state index in [2.05, 4.69) is 40.7 Å². The second-order valence-electron chi connectivity index (χ2n) is 12.6. The summed E-state index contributed by atoms with van der Waals surface area (Å²) in [5.74, 6) is -1.74. The molecule has 304 valence electrons. The number of ether oxygens (including phenoxy) is 4. The van der Waals surface area contributed by atoms with Crippen molar-refractivity contribution in [3.8, 4) is 0 Å². The fourth-order valence-electron chi connectivity index (χ4n) is 5.35. The van der Waals surface area contributed by atoms with Crippen LogP contribution in [-0.4, -0.2) is 111 Å². The fraction of sp³-hybridized carbons (Fsp3) is 0.350. The molecule has 0 bridgehead atoms. The number of hydrogen-bond acceptors (Lipinski definition) is 10. The van der Waals surface area contributed by atoms with Crippen LogP contribution in [0.4, 0.5) is 29.7 Å². The van der Waals surface area contributed by atoms with Gasteiger partial charge in [0.05, 0.1) is 81.1 Å². The van der Waals surface area contributed by atoms with Crippen LogP contribution in [0.15, 0.2) is 73.1 Å². The van der Waals surface area contributed by atoms with Gasteiger partial charge in [-0.1, -0.05) is 28.1 Å². The number of urea groups is 2. The van der Waals surface area contributed by atoms with E-state index in [1.807, 2.05) is 0 Å². The number of pyridine rings is 2. The number of carbonyl (C=O) groups excluding carboxylic acids is 4. The lowest BCUT2D eigenvalue weighted by Gasteiger charge is -2.33. The summed E-state index contributed by atoms with van der Waals surface area (Å²) in [5, 5.41) is 3.25. The number of amides is 4. The summed E-state index contributed by atoms with van der Waals surface area (Å²) in [5.41, 5.74) is 4.18. The Balaban J connectivity index is 0.000000210. The van der Waals surface area contributed by atoms with Gasteiger partial charge in [0.15, 0.2) is 0 Å². The number of nitrogens with zero attached hydrogens (tertiary/aromatic N) is 5. The summed E-state index contributed by atoms with van der Waals surface area (Å²) >= 11 is 3.26. The third-order valence-corrected chi connectivity index (χ3v) is 9.09. The van der Waals surface area contributed by atoms with Gasteiger partial charge >= 0.3 is 24.0 Å². The largest absolute Gasteiger partial charge is 0.465 e. The van der Waals surface area contributed by atoms with Crippen LogP contribution in [0.5, 0.6) is 0 Å². The number of carbonyl (C=O) groups is 4. The number of halogens is 3. The maximum absolute atomic E-state index is 14.6. The van der Waals surface area contributed by atoms with Crippen molar-refractivity contribution >= 4 is 51.3 Å². The van der Waals surface area contributed by atoms with Crippen LogP contribution in [0.1, 0.15) is 43.2 Å². The van der Waals surface area contributed by atoms with Crippen LogP contribution in [0.3, 0.4) is 0 Å². The molecule has 1 N–H and O–H groups in total. The molecule has 0 saturated carbocycles. The molecule has 2 aliphatic heterocycles. The Morgan fingerprint density at radius 1 is 0.737 bits per heavy atom. The van der Waals surface area contributed by atoms with Crippen LogP contribution in [-0.2, 0) is 30.8 Å². The minimum Gasteiger partial charge on any atom is -0.465 e. The van der Waals surface area contributed by atoms with E-state index in [9.17, 15) is 28.0 Å². The molecule has 0 radical (unpaired) electrons. The fourth-order valence-corrected chi connectivity index (χ4v) is 5.69. The van der Waals surface area contributed by atoms with E-state index in [1.54, 1.807) is 72.2 Å². The van der Waals surface area contributed by atoms with Crippen molar-refractivity contribution in [1.82, 2.24) is 19.8 Å². The summed E-state index contributed by atoms with van der Waals surface area (Å²) in [4.78, 5) is 60.2. The highest BCUT2D eigenvalue weighted by Crippen LogP contribution is 2.24. The first-order valence-corrected chi connectivity index (χ1v) is 19.0. The Hall–Kier alpha value is -5.52. The van der Waals surface area contributed by atoms with Crippen LogP contribution in [0, 0.1) is 25.5 Å². The summed E-state index contributed by atoms with van der Waals surface area (Å²) in [6, 6.07) is 15.5. The maximum atomic E-state index is 14.6. The van der Waals surface area contributed by atoms with Crippen LogP contribution in [0.25, 0.3) is 0 Å². The predicted molar refractivity (Wildman–Crippen MR) is 211 cm³/mol. The summed E-state index contributed by atoms with van der Waals surface area (Å²) < 4.78 is 47.8. The Labute approximate surface area is 338 Å². The Kier molecular flexibility index (Phi) is 17.3. The molecule has 2 aromatic heterocycles. The van der Waals surface area contributed by atoms with Crippen molar-refractivity contribution in [3.63, 3.8) is 0 Å². The molecule has 57 heavy (non-hydrogen) atoms. The lowest BCUT2D eigenvalue weighted by atomic mass is 10.2. The molecule has 4 heterocycles. The SMILES string of the molecule is COC(=O)c1ccc(CBr)nc1.COC(=O)c1ccc(CN(C(=O)N2CCOCC2)c2ccc(C)cc2F)nc1.Cc1ccc(NC(=O)N2CCOCC2)c(F)c1. The predicted octanol–water partition coefficient (Wildman–Crippen LogP) is 6.54. The number of hydrogen-bond donors (Lipinski definition) is 1. The molecule has 4 aromatic rings. The van der Waals surface area contributed by atoms with E-state index < -0.39 is 17.6 Å². The average molecular weight is 856 g/mol. The lowest BCUT2D eigenvalue weighted by Crippen LogP contribution is -2.48. The topological polar surface area (TPSA) is 153 Å². The first-order valence-electron chi connectivity index (χ1n) is 17.9. The summed E-state index contributed by atoms with van der Waals surface area (Å²) in [6.07, 6.45) is 2.88. The number of benzene rings is 2. The number of morpholine rings is 2. The van der Waals surface area contributed by atoms with E-state index in [4.69, 9.17) is 9.47 Å². The summed E-state index contributed by atoms with van der Waals surface area (Å²) in [7, 11) is 2.64. The second kappa shape index (κ2) is 22.3. The molecule has 2 fully saturated rings. The quantitative estimate of drug-likeness (QED) is 0.160. The van der Waals surface area contributed by atoms with Gasteiger partial charge < -0.3 is 34.1 Å². The zero-order valence-electron chi connectivity index (χ0n) is 32.1. The highest BCUT2D eigenvalue weighted by Gasteiger charge is 2.27. The molecule has 2 aliphatic rings. The van der Waals surface area contributed by atoms with Gasteiger partial charge in [0.2, 0.25) is 0 Å². The number of aryl methyl sites for hydroxylation is 2. The normalized spacial score (nSPS) is 13.5. The molecular weight excluding hydrogens is 810 g/mol. The Morgan fingerprint density at radius 3 is 1.72 bits per heavy atom. The average Bonchev–Trinajstić information content (AvgIpc) is 3.24. The number of esters is 2. The van der Waals surface area contributed by atoms with Crippen LogP contribution >= 0.6 is 15.9 Å². The van der Waals surface area contributed by atoms with E-state index >= 15 is 0 Å². The second-order valence-corrected chi connectivity index (χ2v) is 13.2. The van der Waals surface area contributed by atoms with Crippen molar-refractivity contribution < 1.29 is 46.9 Å². The van der Waals surface area contributed by atoms with Crippen molar-refractivity contribution in [2.24, 2.45) is 0 Å². The number of aromatic nitrogens is 2. The molecular formula is C40H45BrF2N6O8. The number of methoxy groups -OCH3 is 2. The third-order valence-electron chi connectivity index (χ3n) is 8.52. The van der Waals surface area contributed by atoms with Crippen molar-refractivity contribution in [3.05, 3.63) is 118 Å². The molecule has 6 rings (SSSR count). The molecule has 4 amide bonds. The number of anilines is 2. The lowest BCUT2D eigenvalue weighted by molar-refractivity contribution is 0.0547. The molecule has 0 aliphatic carbocycles. The first-order chi connectivity index (χ1) is 27.4. The molecule has 0 atom stereocenters. The Bertz CT molecular complexity index is 1960. The van der Waals surface area contributed by atoms with Gasteiger partial charge in [-0.25, -0.2) is 28.0 Å². The standard InChI is InChI=1S/C20H22FN3O4.C12H15FN2O2.C8H8BrNO2/c1-14-3-6-18(17(21)11-14)24(20(26)23-7-9-28-10-8-23)13-16-5-4-15(12-22-16)19(25)27-2;1-9-2-3-11(10(13)8-9)14-12(16)15-4-6-17-7-5-15;1-12-8(11)6-2-3-7(4-9)10-5-6/h3-6,11-12H,7-10,13H2,1-2H3;2-3,8H,4-7H2,1H3,(H,14,16);2-3,5H,4H2,1H3. The molecule has 14 nitrogen and oxygen atoms in total. The monoisotopic (exact) mass is 854 g/mol. The zero-order valence-corrected chi connectivity index (χ0v) is 33.7. The first kappa shape index (κ1) is 44.2. The number of nitrogens with one attached hydrogen (secondary N) is 1. The van der Waals surface area contributed by atoms with Crippen LogP contribution < -0.4 is 10.2 Å². The summed E-state index contributed by atoms with van der Waals surface area (Å²) in [6.45, 7) is 7.58. The molecule has 2 saturated heterocycles. The van der Waals surface area contributed by atoms with Gasteiger partial charge in [-0.05, 0) is 73.5 Å². The molecule has 2 aromatic carbocycles. The van der Waals surface area contributed by atoms with Gasteiger partial charge in [0.1, 0.15) is 11.6 Å². The number of alkyl halides is 1. The number of rotatable bonds is 7. The molecule has 17 heteroatoms.